The Hall–Kier alpha value is -3.55. The van der Waals surface area contributed by atoms with Crippen molar-refractivity contribution in [2.75, 3.05) is 25.1 Å². The number of pyridine rings is 1. The average molecular weight is 520 g/mol. The van der Waals surface area contributed by atoms with Crippen molar-refractivity contribution in [1.82, 2.24) is 9.88 Å². The molecule has 0 radical (unpaired) electrons. The Labute approximate surface area is 219 Å². The Kier molecular flexibility index (Phi) is 7.11. The van der Waals surface area contributed by atoms with Gasteiger partial charge < -0.3 is 24.7 Å². The van der Waals surface area contributed by atoms with E-state index >= 15 is 0 Å². The van der Waals surface area contributed by atoms with Crippen molar-refractivity contribution < 1.29 is 9.47 Å². The Bertz CT molecular complexity index is 1490. The zero-order chi connectivity index (χ0) is 25.1. The zero-order valence-electron chi connectivity index (χ0n) is 19.8. The van der Waals surface area contributed by atoms with Crippen LogP contribution < -0.4 is 20.3 Å². The monoisotopic (exact) mass is 519 g/mol. The molecule has 0 saturated heterocycles. The first-order valence-electron chi connectivity index (χ1n) is 11.8. The van der Waals surface area contributed by atoms with Crippen LogP contribution in [0.2, 0.25) is 5.02 Å². The highest BCUT2D eigenvalue weighted by Gasteiger charge is 2.17. The minimum atomic E-state index is -0.162. The zero-order valence-corrected chi connectivity index (χ0v) is 21.4. The molecule has 1 aliphatic rings. The van der Waals surface area contributed by atoms with Crippen LogP contribution in [-0.4, -0.2) is 34.8 Å². The Morgan fingerprint density at radius 1 is 1.06 bits per heavy atom. The van der Waals surface area contributed by atoms with E-state index in [1.165, 1.54) is 11.1 Å². The first-order chi connectivity index (χ1) is 17.4. The lowest BCUT2D eigenvalue weighted by molar-refractivity contribution is 0.172. The highest BCUT2D eigenvalue weighted by atomic mass is 35.5. The van der Waals surface area contributed by atoms with E-state index in [2.05, 4.69) is 41.5 Å². The van der Waals surface area contributed by atoms with Gasteiger partial charge in [-0.3, -0.25) is 4.79 Å². The molecule has 3 aromatic carbocycles. The van der Waals surface area contributed by atoms with Crippen LogP contribution in [0.4, 0.5) is 5.69 Å². The van der Waals surface area contributed by atoms with Gasteiger partial charge in [0.15, 0.2) is 16.6 Å². The van der Waals surface area contributed by atoms with Gasteiger partial charge in [0.1, 0.15) is 13.2 Å². The number of aryl methyl sites for hydroxylation is 1. The van der Waals surface area contributed by atoms with Gasteiger partial charge in [0, 0.05) is 34.3 Å². The second-order valence-corrected chi connectivity index (χ2v) is 9.63. The number of hydrogen-bond acceptors (Lipinski definition) is 4. The third-order valence-electron chi connectivity index (χ3n) is 6.06. The molecule has 0 fully saturated rings. The molecule has 8 heteroatoms. The van der Waals surface area contributed by atoms with Crippen molar-refractivity contribution in [3.05, 3.63) is 98.8 Å². The molecule has 0 bridgehead atoms. The molecule has 0 saturated carbocycles. The van der Waals surface area contributed by atoms with Gasteiger partial charge in [-0.2, -0.15) is 0 Å². The minimum Gasteiger partial charge on any atom is -0.486 e. The number of nitrogens with one attached hydrogen (secondary N) is 2. The Morgan fingerprint density at radius 2 is 1.83 bits per heavy atom. The molecule has 184 valence electrons. The van der Waals surface area contributed by atoms with Crippen LogP contribution in [0.1, 0.15) is 16.7 Å². The normalized spacial score (nSPS) is 12.4. The number of ether oxygens (including phenoxy) is 2. The van der Waals surface area contributed by atoms with Crippen LogP contribution in [0.3, 0.4) is 0 Å². The number of aromatic nitrogens is 1. The summed E-state index contributed by atoms with van der Waals surface area (Å²) in [6.45, 7) is 4.06. The van der Waals surface area contributed by atoms with E-state index in [1.54, 1.807) is 0 Å². The number of hydrogen-bond donors (Lipinski definition) is 2. The molecule has 0 amide bonds. The van der Waals surface area contributed by atoms with Crippen LogP contribution in [0.5, 0.6) is 11.5 Å². The number of halogens is 1. The summed E-state index contributed by atoms with van der Waals surface area (Å²) in [5, 5.41) is 5.29. The fourth-order valence-corrected chi connectivity index (χ4v) is 4.73. The first kappa shape index (κ1) is 24.2. The van der Waals surface area contributed by atoms with Gasteiger partial charge in [0.2, 0.25) is 0 Å². The number of anilines is 1. The molecular weight excluding hydrogens is 494 g/mol. The maximum atomic E-state index is 13.0. The van der Waals surface area contributed by atoms with Gasteiger partial charge in [-0.05, 0) is 61.5 Å². The SMILES string of the molecule is Cc1cccc(CCN(Cc2cc3cc4c(cc3[nH]c2=O)OCCO4)C(=S)Nc2cccc(Cl)c2)c1. The van der Waals surface area contributed by atoms with Gasteiger partial charge in [-0.15, -0.1) is 0 Å². The number of aromatic amines is 1. The second-order valence-electron chi connectivity index (χ2n) is 8.81. The second kappa shape index (κ2) is 10.6. The van der Waals surface area contributed by atoms with Crippen LogP contribution in [0.15, 0.2) is 71.5 Å². The lowest BCUT2D eigenvalue weighted by Gasteiger charge is -2.26. The van der Waals surface area contributed by atoms with Gasteiger partial charge in [-0.25, -0.2) is 0 Å². The van der Waals surface area contributed by atoms with Crippen LogP contribution in [0, 0.1) is 6.92 Å². The molecule has 2 heterocycles. The predicted octanol–water partition coefficient (Wildman–Crippen LogP) is 5.70. The largest absolute Gasteiger partial charge is 0.486 e. The smallest absolute Gasteiger partial charge is 0.253 e. The number of nitrogens with zero attached hydrogens (tertiary/aromatic N) is 1. The predicted molar refractivity (Wildman–Crippen MR) is 149 cm³/mol. The summed E-state index contributed by atoms with van der Waals surface area (Å²) in [4.78, 5) is 18.0. The van der Waals surface area contributed by atoms with Crippen molar-refractivity contribution in [3.63, 3.8) is 0 Å². The van der Waals surface area contributed by atoms with Crippen LogP contribution >= 0.6 is 23.8 Å². The van der Waals surface area contributed by atoms with Crippen molar-refractivity contribution >= 4 is 45.5 Å². The molecule has 0 spiro atoms. The van der Waals surface area contributed by atoms with E-state index in [1.807, 2.05) is 47.4 Å². The summed E-state index contributed by atoms with van der Waals surface area (Å²) >= 11 is 11.9. The maximum Gasteiger partial charge on any atom is 0.253 e. The lowest BCUT2D eigenvalue weighted by atomic mass is 10.1. The van der Waals surface area contributed by atoms with Gasteiger partial charge in [0.05, 0.1) is 12.1 Å². The molecule has 6 nitrogen and oxygen atoms in total. The third kappa shape index (κ3) is 5.64. The number of H-pyrrole nitrogens is 1. The summed E-state index contributed by atoms with van der Waals surface area (Å²) in [5.74, 6) is 1.32. The highest BCUT2D eigenvalue weighted by molar-refractivity contribution is 7.80. The highest BCUT2D eigenvalue weighted by Crippen LogP contribution is 2.33. The maximum absolute atomic E-state index is 13.0. The summed E-state index contributed by atoms with van der Waals surface area (Å²) in [7, 11) is 0. The van der Waals surface area contributed by atoms with Gasteiger partial charge in [0.25, 0.3) is 5.56 Å². The van der Waals surface area contributed by atoms with Crippen LogP contribution in [0.25, 0.3) is 10.9 Å². The minimum absolute atomic E-state index is 0.162. The number of thiocarbonyl (C=S) groups is 1. The van der Waals surface area contributed by atoms with Crippen molar-refractivity contribution in [1.29, 1.82) is 0 Å². The molecule has 1 aliphatic heterocycles. The summed E-state index contributed by atoms with van der Waals surface area (Å²) in [6, 6.07) is 21.4. The van der Waals surface area contributed by atoms with E-state index in [0.29, 0.717) is 59.0 Å². The molecule has 0 unspecified atom stereocenters. The number of benzene rings is 3. The quantitative estimate of drug-likeness (QED) is 0.318. The molecule has 0 aliphatic carbocycles. The average Bonchev–Trinajstić information content (AvgIpc) is 2.85. The topological polar surface area (TPSA) is 66.6 Å². The van der Waals surface area contributed by atoms with E-state index < -0.39 is 0 Å². The number of rotatable bonds is 6. The van der Waals surface area contributed by atoms with E-state index in [4.69, 9.17) is 33.3 Å². The van der Waals surface area contributed by atoms with Crippen molar-refractivity contribution in [2.24, 2.45) is 0 Å². The molecule has 1 aromatic heterocycles. The van der Waals surface area contributed by atoms with Gasteiger partial charge in [-0.1, -0.05) is 47.5 Å². The van der Waals surface area contributed by atoms with Crippen LogP contribution in [-0.2, 0) is 13.0 Å². The fourth-order valence-electron chi connectivity index (χ4n) is 4.26. The lowest BCUT2D eigenvalue weighted by Crippen LogP contribution is -2.37. The van der Waals surface area contributed by atoms with Crippen molar-refractivity contribution in [2.45, 2.75) is 19.9 Å². The summed E-state index contributed by atoms with van der Waals surface area (Å²) < 4.78 is 11.4. The first-order valence-corrected chi connectivity index (χ1v) is 12.6. The summed E-state index contributed by atoms with van der Waals surface area (Å²) in [5.41, 5.74) is 4.37. The Balaban J connectivity index is 1.43. The molecule has 0 atom stereocenters. The van der Waals surface area contributed by atoms with E-state index in [9.17, 15) is 4.79 Å². The fraction of sp³-hybridized carbons (Fsp3) is 0.214. The Morgan fingerprint density at radius 3 is 2.61 bits per heavy atom. The molecular formula is C28H26ClN3O3S. The van der Waals surface area contributed by atoms with Gasteiger partial charge >= 0.3 is 0 Å². The van der Waals surface area contributed by atoms with Crippen molar-refractivity contribution in [3.8, 4) is 11.5 Å². The standard InChI is InChI=1S/C28H26ClN3O3S/c1-18-4-2-5-19(12-18)8-9-32(28(36)30-23-7-3-6-22(29)15-23)17-21-13-20-14-25-26(35-11-10-34-25)16-24(20)31-27(21)33/h2-7,12-16H,8-11,17H2,1H3,(H,30,36)(H,31,33). The van der Waals surface area contributed by atoms with E-state index in [0.717, 1.165) is 17.5 Å². The molecule has 4 aromatic rings. The third-order valence-corrected chi connectivity index (χ3v) is 6.66. The number of fused-ring (bicyclic) bond motifs is 2. The summed E-state index contributed by atoms with van der Waals surface area (Å²) in [6.07, 6.45) is 0.781. The van der Waals surface area contributed by atoms with E-state index in [-0.39, 0.29) is 5.56 Å². The molecule has 2 N–H and O–H groups in total. The molecule has 36 heavy (non-hydrogen) atoms. The molecule has 5 rings (SSSR count).